The molecule has 3 aliphatic heterocycles. The number of amides is 1. The summed E-state index contributed by atoms with van der Waals surface area (Å²) < 4.78 is 11.6. The fraction of sp³-hybridized carbons (Fsp3) is 0.500. The van der Waals surface area contributed by atoms with E-state index in [0.717, 1.165) is 50.5 Å². The fourth-order valence-electron chi connectivity index (χ4n) is 5.22. The van der Waals surface area contributed by atoms with Gasteiger partial charge in [-0.2, -0.15) is 0 Å². The van der Waals surface area contributed by atoms with Gasteiger partial charge in [-0.1, -0.05) is 18.2 Å². The third-order valence-electron chi connectivity index (χ3n) is 6.80. The molecule has 0 saturated carbocycles. The first-order valence-electron chi connectivity index (χ1n) is 11.0. The van der Waals surface area contributed by atoms with E-state index in [0.29, 0.717) is 19.1 Å². The molecular weight excluding hydrogens is 378 g/mol. The number of fused-ring (bicyclic) bond motifs is 3. The van der Waals surface area contributed by atoms with Crippen molar-refractivity contribution in [3.05, 3.63) is 59.9 Å². The van der Waals surface area contributed by atoms with Gasteiger partial charge in [0.05, 0.1) is 12.5 Å². The smallest absolute Gasteiger partial charge is 0.225 e. The van der Waals surface area contributed by atoms with Crippen molar-refractivity contribution >= 4 is 5.91 Å². The van der Waals surface area contributed by atoms with Crippen LogP contribution in [0.1, 0.15) is 30.0 Å². The average Bonchev–Trinajstić information content (AvgIpc) is 3.18. The second kappa shape index (κ2) is 8.74. The van der Waals surface area contributed by atoms with Crippen LogP contribution >= 0.6 is 0 Å². The highest BCUT2D eigenvalue weighted by atomic mass is 16.5. The van der Waals surface area contributed by atoms with Gasteiger partial charge in [0.25, 0.3) is 0 Å². The zero-order chi connectivity index (χ0) is 20.3. The normalized spacial score (nSPS) is 26.5. The van der Waals surface area contributed by atoms with Gasteiger partial charge in [0.15, 0.2) is 0 Å². The Bertz CT molecular complexity index is 869. The number of benzene rings is 1. The van der Waals surface area contributed by atoms with E-state index in [9.17, 15) is 4.79 Å². The maximum Gasteiger partial charge on any atom is 0.225 e. The van der Waals surface area contributed by atoms with Crippen LogP contribution in [0.25, 0.3) is 0 Å². The van der Waals surface area contributed by atoms with Gasteiger partial charge >= 0.3 is 0 Å². The Labute approximate surface area is 177 Å². The first-order valence-corrected chi connectivity index (χ1v) is 11.0. The third kappa shape index (κ3) is 3.94. The van der Waals surface area contributed by atoms with Crippen LogP contribution in [-0.4, -0.2) is 48.7 Å². The molecule has 2 aromatic rings. The number of pyridine rings is 1. The minimum absolute atomic E-state index is 0.0648. The van der Waals surface area contributed by atoms with Gasteiger partial charge in [0, 0.05) is 62.8 Å². The topological polar surface area (TPSA) is 63.7 Å². The Morgan fingerprint density at radius 1 is 1.13 bits per heavy atom. The monoisotopic (exact) mass is 407 g/mol. The summed E-state index contributed by atoms with van der Waals surface area (Å²) in [6, 6.07) is 12.4. The van der Waals surface area contributed by atoms with E-state index in [4.69, 9.17) is 9.47 Å². The molecule has 158 valence electrons. The lowest BCUT2D eigenvalue weighted by Crippen LogP contribution is -2.38. The number of aromatic nitrogens is 1. The maximum absolute atomic E-state index is 13.2. The van der Waals surface area contributed by atoms with Gasteiger partial charge in [-0.15, -0.1) is 0 Å². The number of likely N-dealkylation sites (tertiary alicyclic amines) is 1. The summed E-state index contributed by atoms with van der Waals surface area (Å²) in [6.45, 7) is 4.63. The van der Waals surface area contributed by atoms with Crippen molar-refractivity contribution in [1.29, 1.82) is 0 Å². The molecule has 5 rings (SSSR count). The van der Waals surface area contributed by atoms with Crippen molar-refractivity contribution < 1.29 is 14.3 Å². The van der Waals surface area contributed by atoms with Gasteiger partial charge in [-0.05, 0) is 42.5 Å². The van der Waals surface area contributed by atoms with E-state index in [1.54, 1.807) is 12.4 Å². The molecule has 0 aliphatic carbocycles. The molecule has 2 fully saturated rings. The Hall–Kier alpha value is -2.44. The molecule has 0 bridgehead atoms. The number of carbonyl (C=O) groups excluding carboxylic acids is 1. The largest absolute Gasteiger partial charge is 0.493 e. The summed E-state index contributed by atoms with van der Waals surface area (Å²) >= 11 is 0. The summed E-state index contributed by atoms with van der Waals surface area (Å²) in [5.74, 6) is 1.84. The molecule has 1 aromatic carbocycles. The molecule has 3 aliphatic rings. The van der Waals surface area contributed by atoms with Crippen LogP contribution in [0.4, 0.5) is 0 Å². The van der Waals surface area contributed by atoms with Gasteiger partial charge in [0.1, 0.15) is 5.75 Å². The van der Waals surface area contributed by atoms with Crippen molar-refractivity contribution in [3.63, 3.8) is 0 Å². The molecule has 1 aromatic heterocycles. The Balaban J connectivity index is 1.34. The third-order valence-corrected chi connectivity index (χ3v) is 6.80. The molecule has 30 heavy (non-hydrogen) atoms. The summed E-state index contributed by atoms with van der Waals surface area (Å²) in [5, 5.41) is 3.15. The van der Waals surface area contributed by atoms with Gasteiger partial charge in [-0.25, -0.2) is 0 Å². The van der Waals surface area contributed by atoms with Crippen molar-refractivity contribution in [2.24, 2.45) is 17.8 Å². The van der Waals surface area contributed by atoms with E-state index < -0.39 is 0 Å². The van der Waals surface area contributed by atoms with Crippen LogP contribution in [0.3, 0.4) is 0 Å². The van der Waals surface area contributed by atoms with E-state index in [2.05, 4.69) is 33.4 Å². The average molecular weight is 408 g/mol. The molecule has 0 unspecified atom stereocenters. The van der Waals surface area contributed by atoms with E-state index >= 15 is 0 Å². The summed E-state index contributed by atoms with van der Waals surface area (Å²) in [4.78, 5) is 19.8. The molecular formula is C24H29N3O3. The molecule has 0 radical (unpaired) electrons. The van der Waals surface area contributed by atoms with Crippen LogP contribution in [-0.2, 0) is 16.1 Å². The highest BCUT2D eigenvalue weighted by molar-refractivity contribution is 5.80. The van der Waals surface area contributed by atoms with Gasteiger partial charge < -0.3 is 14.8 Å². The summed E-state index contributed by atoms with van der Waals surface area (Å²) in [7, 11) is 0. The Morgan fingerprint density at radius 2 is 1.93 bits per heavy atom. The minimum Gasteiger partial charge on any atom is -0.493 e. The number of nitrogens with zero attached hydrogens (tertiary/aromatic N) is 2. The lowest BCUT2D eigenvalue weighted by Gasteiger charge is -2.36. The molecule has 4 heterocycles. The highest BCUT2D eigenvalue weighted by Crippen LogP contribution is 2.47. The Morgan fingerprint density at radius 3 is 2.77 bits per heavy atom. The van der Waals surface area contributed by atoms with E-state index in [1.165, 1.54) is 5.56 Å². The van der Waals surface area contributed by atoms with E-state index in [1.807, 2.05) is 18.2 Å². The summed E-state index contributed by atoms with van der Waals surface area (Å²) in [6.07, 6.45) is 5.72. The van der Waals surface area contributed by atoms with Crippen molar-refractivity contribution in [3.8, 4) is 5.75 Å². The van der Waals surface area contributed by atoms with Crippen LogP contribution in [0.2, 0.25) is 0 Å². The minimum atomic E-state index is -0.0648. The highest BCUT2D eigenvalue weighted by Gasteiger charge is 2.49. The Kier molecular flexibility index (Phi) is 5.69. The van der Waals surface area contributed by atoms with Crippen LogP contribution in [0.5, 0.6) is 5.75 Å². The quantitative estimate of drug-likeness (QED) is 0.826. The lowest BCUT2D eigenvalue weighted by atomic mass is 9.84. The van der Waals surface area contributed by atoms with Gasteiger partial charge in [0.2, 0.25) is 5.91 Å². The number of ether oxygens (including phenoxy) is 2. The van der Waals surface area contributed by atoms with Crippen LogP contribution in [0.15, 0.2) is 48.8 Å². The number of hydrogen-bond donors (Lipinski definition) is 1. The number of rotatable bonds is 5. The van der Waals surface area contributed by atoms with Crippen molar-refractivity contribution in [2.45, 2.75) is 25.4 Å². The standard InChI is InChI=1S/C24H29N3O3/c28-24(26-13-17-5-9-25-10-6-17)20-15-27(14-18-7-11-29-12-8-18)23-19-3-1-2-4-22(19)30-16-21(20)23/h1-6,9-10,18,20-21,23H,7-8,11-16H2,(H,26,28)/t20-,21+,23+/m1/s1. The molecule has 1 amide bonds. The van der Waals surface area contributed by atoms with Crippen molar-refractivity contribution in [2.75, 3.05) is 32.9 Å². The fourth-order valence-corrected chi connectivity index (χ4v) is 5.22. The molecule has 6 heteroatoms. The van der Waals surface area contributed by atoms with Crippen LogP contribution in [0, 0.1) is 17.8 Å². The number of para-hydroxylation sites is 1. The molecule has 1 N–H and O–H groups in total. The molecule has 6 nitrogen and oxygen atoms in total. The first-order chi connectivity index (χ1) is 14.8. The SMILES string of the molecule is O=C(NCc1ccncc1)[C@@H]1CN(CC2CCOCC2)[C@H]2c3ccccc3OC[C@@H]12. The summed E-state index contributed by atoms with van der Waals surface area (Å²) in [5.41, 5.74) is 2.29. The predicted molar refractivity (Wildman–Crippen MR) is 113 cm³/mol. The first kappa shape index (κ1) is 19.5. The zero-order valence-corrected chi connectivity index (χ0v) is 17.2. The zero-order valence-electron chi connectivity index (χ0n) is 17.2. The van der Waals surface area contributed by atoms with Crippen molar-refractivity contribution in [1.82, 2.24) is 15.2 Å². The predicted octanol–water partition coefficient (Wildman–Crippen LogP) is 2.81. The second-order valence-corrected chi connectivity index (χ2v) is 8.65. The maximum atomic E-state index is 13.2. The number of carbonyl (C=O) groups is 1. The second-order valence-electron chi connectivity index (χ2n) is 8.65. The molecule has 2 saturated heterocycles. The van der Waals surface area contributed by atoms with E-state index in [-0.39, 0.29) is 23.8 Å². The number of hydrogen-bond acceptors (Lipinski definition) is 5. The van der Waals surface area contributed by atoms with Gasteiger partial charge in [-0.3, -0.25) is 14.7 Å². The van der Waals surface area contributed by atoms with Crippen LogP contribution < -0.4 is 10.1 Å². The molecule has 3 atom stereocenters. The molecule has 0 spiro atoms. The lowest BCUT2D eigenvalue weighted by molar-refractivity contribution is -0.126. The number of nitrogens with one attached hydrogen (secondary N) is 1.